The fourth-order valence-corrected chi connectivity index (χ4v) is 3.16. The van der Waals surface area contributed by atoms with Gasteiger partial charge in [-0.2, -0.15) is 5.10 Å². The molecule has 0 aliphatic rings. The van der Waals surface area contributed by atoms with E-state index in [1.54, 1.807) is 29.2 Å². The van der Waals surface area contributed by atoms with Crippen molar-refractivity contribution in [2.75, 3.05) is 5.32 Å². The molecule has 6 nitrogen and oxygen atoms in total. The van der Waals surface area contributed by atoms with Crippen molar-refractivity contribution < 1.29 is 9.53 Å². The molecule has 2 aromatic heterocycles. The summed E-state index contributed by atoms with van der Waals surface area (Å²) >= 11 is 0. The maximum absolute atomic E-state index is 12.8. The Hall–Kier alpha value is -3.93. The van der Waals surface area contributed by atoms with Gasteiger partial charge in [0.2, 0.25) is 5.88 Å². The highest BCUT2D eigenvalue weighted by molar-refractivity contribution is 6.05. The highest BCUT2D eigenvalue weighted by Gasteiger charge is 2.17. The van der Waals surface area contributed by atoms with Crippen molar-refractivity contribution in [3.63, 3.8) is 0 Å². The number of carbonyl (C=O) groups excluding carboxylic acids is 1. The van der Waals surface area contributed by atoms with Crippen LogP contribution in [0.2, 0.25) is 0 Å². The lowest BCUT2D eigenvalue weighted by atomic mass is 10.2. The molecule has 0 radical (unpaired) electrons. The number of pyridine rings is 1. The van der Waals surface area contributed by atoms with E-state index in [1.165, 1.54) is 0 Å². The summed E-state index contributed by atoms with van der Waals surface area (Å²) < 4.78 is 7.49. The normalized spacial score (nSPS) is 10.6. The number of nitrogens with one attached hydrogen (secondary N) is 1. The van der Waals surface area contributed by atoms with Crippen LogP contribution in [0.15, 0.2) is 85.2 Å². The van der Waals surface area contributed by atoms with E-state index in [2.05, 4.69) is 15.4 Å². The molecule has 0 bridgehead atoms. The van der Waals surface area contributed by atoms with Gasteiger partial charge in [-0.05, 0) is 30.2 Å². The van der Waals surface area contributed by atoms with Crippen molar-refractivity contribution in [3.05, 3.63) is 102 Å². The summed E-state index contributed by atoms with van der Waals surface area (Å²) in [5, 5.41) is 7.30. The average molecular weight is 398 g/mol. The lowest BCUT2D eigenvalue weighted by Gasteiger charge is -2.09. The number of nitrogens with zero attached hydrogens (tertiary/aromatic N) is 3. The number of benzene rings is 2. The molecule has 0 aliphatic heterocycles. The lowest BCUT2D eigenvalue weighted by molar-refractivity contribution is 0.102. The number of hydrogen-bond donors (Lipinski definition) is 1. The second kappa shape index (κ2) is 9.05. The van der Waals surface area contributed by atoms with Crippen LogP contribution in [0.3, 0.4) is 0 Å². The maximum atomic E-state index is 12.8. The molecule has 0 saturated heterocycles. The molecule has 1 N–H and O–H groups in total. The summed E-state index contributed by atoms with van der Waals surface area (Å²) in [5.41, 5.74) is 4.00. The van der Waals surface area contributed by atoms with E-state index in [9.17, 15) is 4.79 Å². The number of hydrogen-bond acceptors (Lipinski definition) is 4. The second-order valence-corrected chi connectivity index (χ2v) is 6.72. The first kappa shape index (κ1) is 19.4. The molecule has 2 heterocycles. The Labute approximate surface area is 175 Å². The van der Waals surface area contributed by atoms with Crippen molar-refractivity contribution in [2.45, 2.75) is 20.0 Å². The Balaban J connectivity index is 1.43. The zero-order chi connectivity index (χ0) is 20.8. The van der Waals surface area contributed by atoms with Crippen molar-refractivity contribution >= 4 is 11.6 Å². The zero-order valence-electron chi connectivity index (χ0n) is 16.7. The third-order valence-electron chi connectivity index (χ3n) is 4.67. The number of ether oxygens (including phenoxy) is 1. The Morgan fingerprint density at radius 2 is 1.70 bits per heavy atom. The van der Waals surface area contributed by atoms with Gasteiger partial charge in [0.15, 0.2) is 0 Å². The van der Waals surface area contributed by atoms with E-state index in [4.69, 9.17) is 4.74 Å². The molecule has 6 heteroatoms. The van der Waals surface area contributed by atoms with E-state index in [1.807, 2.05) is 67.6 Å². The van der Waals surface area contributed by atoms with Crippen LogP contribution in [0.25, 0.3) is 5.69 Å². The molecular weight excluding hydrogens is 376 g/mol. The van der Waals surface area contributed by atoms with E-state index in [0.717, 1.165) is 16.9 Å². The van der Waals surface area contributed by atoms with Gasteiger partial charge >= 0.3 is 0 Å². The van der Waals surface area contributed by atoms with Gasteiger partial charge in [0.25, 0.3) is 5.91 Å². The highest BCUT2D eigenvalue weighted by atomic mass is 16.5. The van der Waals surface area contributed by atoms with E-state index >= 15 is 0 Å². The minimum Gasteiger partial charge on any atom is -0.473 e. The van der Waals surface area contributed by atoms with Gasteiger partial charge in [-0.15, -0.1) is 0 Å². The van der Waals surface area contributed by atoms with Crippen molar-refractivity contribution in [1.29, 1.82) is 0 Å². The van der Waals surface area contributed by atoms with Crippen LogP contribution >= 0.6 is 0 Å². The van der Waals surface area contributed by atoms with Gasteiger partial charge in [0.05, 0.1) is 35.0 Å². The van der Waals surface area contributed by atoms with Crippen LogP contribution in [0.1, 0.15) is 28.5 Å². The van der Waals surface area contributed by atoms with Gasteiger partial charge in [-0.3, -0.25) is 4.79 Å². The van der Waals surface area contributed by atoms with Crippen molar-refractivity contribution in [1.82, 2.24) is 14.8 Å². The molecule has 4 rings (SSSR count). The van der Waals surface area contributed by atoms with E-state index < -0.39 is 0 Å². The van der Waals surface area contributed by atoms with Gasteiger partial charge in [0, 0.05) is 6.07 Å². The Bertz CT molecular complexity index is 1110. The summed E-state index contributed by atoms with van der Waals surface area (Å²) in [4.78, 5) is 17.1. The van der Waals surface area contributed by atoms with E-state index in [-0.39, 0.29) is 5.91 Å². The number of para-hydroxylation sites is 1. The predicted molar refractivity (Wildman–Crippen MR) is 116 cm³/mol. The monoisotopic (exact) mass is 398 g/mol. The number of amides is 1. The van der Waals surface area contributed by atoms with Gasteiger partial charge in [0.1, 0.15) is 6.61 Å². The minimum absolute atomic E-state index is 0.214. The first-order valence-corrected chi connectivity index (χ1v) is 9.81. The SMILES string of the molecule is CCc1c(C(=O)Nc2ccc(OCc3ccccc3)nc2)cnn1-c1ccccc1. The van der Waals surface area contributed by atoms with Crippen LogP contribution in [0.4, 0.5) is 5.69 Å². The number of anilines is 1. The van der Waals surface area contributed by atoms with Crippen molar-refractivity contribution in [2.24, 2.45) is 0 Å². The van der Waals surface area contributed by atoms with Crippen LogP contribution < -0.4 is 10.1 Å². The zero-order valence-corrected chi connectivity index (χ0v) is 16.7. The molecule has 150 valence electrons. The molecule has 2 aromatic carbocycles. The van der Waals surface area contributed by atoms with Gasteiger partial charge in [-0.1, -0.05) is 55.5 Å². The molecule has 0 fully saturated rings. The second-order valence-electron chi connectivity index (χ2n) is 6.72. The third kappa shape index (κ3) is 4.38. The molecule has 0 unspecified atom stereocenters. The van der Waals surface area contributed by atoms with Gasteiger partial charge < -0.3 is 10.1 Å². The number of aromatic nitrogens is 3. The summed E-state index contributed by atoms with van der Waals surface area (Å²) in [5.74, 6) is 0.289. The minimum atomic E-state index is -0.214. The van der Waals surface area contributed by atoms with Gasteiger partial charge in [-0.25, -0.2) is 9.67 Å². The molecule has 0 aliphatic carbocycles. The Kier molecular flexibility index (Phi) is 5.85. The smallest absolute Gasteiger partial charge is 0.259 e. The summed E-state index contributed by atoms with van der Waals surface area (Å²) in [6.45, 7) is 2.45. The van der Waals surface area contributed by atoms with Crippen LogP contribution in [-0.4, -0.2) is 20.7 Å². The third-order valence-corrected chi connectivity index (χ3v) is 4.67. The molecule has 4 aromatic rings. The molecule has 0 saturated carbocycles. The molecule has 1 amide bonds. The maximum Gasteiger partial charge on any atom is 0.259 e. The van der Waals surface area contributed by atoms with Crippen LogP contribution in [0.5, 0.6) is 5.88 Å². The van der Waals surface area contributed by atoms with Crippen molar-refractivity contribution in [3.8, 4) is 11.6 Å². The van der Waals surface area contributed by atoms with Crippen LogP contribution in [0, 0.1) is 0 Å². The standard InChI is InChI=1S/C24H22N4O2/c1-2-22-21(16-26-28(22)20-11-7-4-8-12-20)24(29)27-19-13-14-23(25-15-19)30-17-18-9-5-3-6-10-18/h3-16H,2,17H2,1H3,(H,27,29). The molecule has 0 spiro atoms. The average Bonchev–Trinajstić information content (AvgIpc) is 3.24. The topological polar surface area (TPSA) is 69.0 Å². The molecule has 0 atom stereocenters. The summed E-state index contributed by atoms with van der Waals surface area (Å²) in [6, 6.07) is 23.2. The molecule has 30 heavy (non-hydrogen) atoms. The Morgan fingerprint density at radius 3 is 2.37 bits per heavy atom. The summed E-state index contributed by atoms with van der Waals surface area (Å²) in [7, 11) is 0. The first-order chi connectivity index (χ1) is 14.7. The largest absolute Gasteiger partial charge is 0.473 e. The number of carbonyl (C=O) groups is 1. The highest BCUT2D eigenvalue weighted by Crippen LogP contribution is 2.18. The van der Waals surface area contributed by atoms with E-state index in [0.29, 0.717) is 30.2 Å². The lowest BCUT2D eigenvalue weighted by Crippen LogP contribution is -2.14. The fourth-order valence-electron chi connectivity index (χ4n) is 3.16. The van der Waals surface area contributed by atoms with Crippen LogP contribution in [-0.2, 0) is 13.0 Å². The number of rotatable bonds is 7. The fraction of sp³-hybridized carbons (Fsp3) is 0.125. The Morgan fingerprint density at radius 1 is 0.967 bits per heavy atom. The quantitative estimate of drug-likeness (QED) is 0.492. The molecular formula is C24H22N4O2. The predicted octanol–water partition coefficient (Wildman–Crippen LogP) is 4.66. The summed E-state index contributed by atoms with van der Waals surface area (Å²) in [6.07, 6.45) is 3.87. The first-order valence-electron chi connectivity index (χ1n) is 9.81.